The fourth-order valence-corrected chi connectivity index (χ4v) is 1.33. The van der Waals surface area contributed by atoms with Crippen molar-refractivity contribution in [3.8, 4) is 0 Å². The Bertz CT molecular complexity index is 366. The van der Waals surface area contributed by atoms with Crippen LogP contribution in [-0.2, 0) is 16.6 Å². The van der Waals surface area contributed by atoms with Gasteiger partial charge in [0.25, 0.3) is 0 Å². The summed E-state index contributed by atoms with van der Waals surface area (Å²) >= 11 is 0. The number of methoxy groups -OCH3 is 1. The maximum atomic E-state index is 11.6. The first-order valence-corrected chi connectivity index (χ1v) is 5.23. The predicted molar refractivity (Wildman–Crippen MR) is 61.0 cm³/mol. The number of amides is 1. The Kier molecular flexibility index (Phi) is 5.08. The number of aliphatic hydroxyl groups excluding tert-OH is 1. The van der Waals surface area contributed by atoms with E-state index in [-0.39, 0.29) is 19.1 Å². The topological polar surface area (TPSA) is 102 Å². The number of nitrogens with zero attached hydrogens (tertiary/aromatic N) is 2. The molecule has 0 saturated heterocycles. The smallest absolute Gasteiger partial charge is 0.241 e. The van der Waals surface area contributed by atoms with E-state index in [1.807, 2.05) is 0 Å². The molecule has 96 valence electrons. The second-order valence-electron chi connectivity index (χ2n) is 3.78. The van der Waals surface area contributed by atoms with Gasteiger partial charge >= 0.3 is 0 Å². The number of rotatable bonds is 6. The molecule has 1 amide bonds. The predicted octanol–water partition coefficient (Wildman–Crippen LogP) is -1.46. The molecule has 0 bridgehead atoms. The van der Waals surface area contributed by atoms with Crippen molar-refractivity contribution in [2.75, 3.05) is 20.3 Å². The molecular formula is C10H18N4O3. The summed E-state index contributed by atoms with van der Waals surface area (Å²) in [7, 11) is 3.23. The Labute approximate surface area is 99.6 Å². The van der Waals surface area contributed by atoms with E-state index < -0.39 is 12.1 Å². The van der Waals surface area contributed by atoms with Gasteiger partial charge in [-0.05, 0) is 0 Å². The van der Waals surface area contributed by atoms with Crippen LogP contribution in [0.5, 0.6) is 0 Å². The minimum atomic E-state index is -0.779. The molecule has 0 spiro atoms. The number of hydrogen-bond acceptors (Lipinski definition) is 5. The highest BCUT2D eigenvalue weighted by atomic mass is 16.5. The van der Waals surface area contributed by atoms with E-state index in [9.17, 15) is 9.90 Å². The Morgan fingerprint density at radius 3 is 3.00 bits per heavy atom. The van der Waals surface area contributed by atoms with Gasteiger partial charge in [-0.15, -0.1) is 0 Å². The first kappa shape index (κ1) is 13.6. The summed E-state index contributed by atoms with van der Waals surface area (Å²) in [5.74, 6) is -0.354. The van der Waals surface area contributed by atoms with Crippen LogP contribution < -0.4 is 11.1 Å². The molecule has 0 fully saturated rings. The van der Waals surface area contributed by atoms with E-state index >= 15 is 0 Å². The van der Waals surface area contributed by atoms with Crippen molar-refractivity contribution in [3.05, 3.63) is 18.0 Å². The molecule has 0 aliphatic heterocycles. The van der Waals surface area contributed by atoms with Crippen molar-refractivity contribution < 1.29 is 14.6 Å². The van der Waals surface area contributed by atoms with E-state index in [4.69, 9.17) is 10.5 Å². The van der Waals surface area contributed by atoms with Gasteiger partial charge in [0.2, 0.25) is 5.91 Å². The van der Waals surface area contributed by atoms with Crippen molar-refractivity contribution in [1.82, 2.24) is 15.1 Å². The Balaban J connectivity index is 2.42. The molecular weight excluding hydrogens is 224 g/mol. The molecule has 0 aliphatic carbocycles. The molecule has 2 unspecified atom stereocenters. The average molecular weight is 242 g/mol. The second kappa shape index (κ2) is 6.33. The lowest BCUT2D eigenvalue weighted by Crippen LogP contribution is -2.39. The fraction of sp³-hybridized carbons (Fsp3) is 0.600. The Hall–Kier alpha value is -1.44. The van der Waals surface area contributed by atoms with Gasteiger partial charge in [0.15, 0.2) is 0 Å². The van der Waals surface area contributed by atoms with Crippen LogP contribution in [0.25, 0.3) is 0 Å². The standard InChI is InChI=1S/C10H18N4O3/c1-14-5-7(3-13-14)9(11)10(16)12-4-8(15)6-17-2/h3,5,8-9,15H,4,6,11H2,1-2H3,(H,12,16). The van der Waals surface area contributed by atoms with Gasteiger partial charge in [0, 0.05) is 32.5 Å². The summed E-state index contributed by atoms with van der Waals surface area (Å²) in [4.78, 5) is 11.6. The van der Waals surface area contributed by atoms with Gasteiger partial charge in [0.1, 0.15) is 6.04 Å². The molecule has 0 aliphatic rings. The summed E-state index contributed by atoms with van der Waals surface area (Å²) < 4.78 is 6.31. The highest BCUT2D eigenvalue weighted by molar-refractivity contribution is 5.82. The fourth-order valence-electron chi connectivity index (χ4n) is 1.33. The zero-order valence-electron chi connectivity index (χ0n) is 9.96. The molecule has 0 saturated carbocycles. The van der Waals surface area contributed by atoms with E-state index in [2.05, 4.69) is 10.4 Å². The van der Waals surface area contributed by atoms with Gasteiger partial charge < -0.3 is 20.9 Å². The van der Waals surface area contributed by atoms with Crippen molar-refractivity contribution in [2.45, 2.75) is 12.1 Å². The lowest BCUT2D eigenvalue weighted by atomic mass is 10.1. The van der Waals surface area contributed by atoms with Crippen LogP contribution >= 0.6 is 0 Å². The number of aliphatic hydroxyl groups is 1. The Morgan fingerprint density at radius 1 is 1.76 bits per heavy atom. The summed E-state index contributed by atoms with van der Waals surface area (Å²) in [5, 5.41) is 15.8. The molecule has 1 rings (SSSR count). The number of nitrogens with one attached hydrogen (secondary N) is 1. The molecule has 1 aromatic heterocycles. The molecule has 17 heavy (non-hydrogen) atoms. The minimum absolute atomic E-state index is 0.112. The van der Waals surface area contributed by atoms with Gasteiger partial charge in [-0.25, -0.2) is 0 Å². The molecule has 1 aromatic rings. The van der Waals surface area contributed by atoms with Crippen LogP contribution in [0, 0.1) is 0 Å². The van der Waals surface area contributed by atoms with Crippen LogP contribution in [0.3, 0.4) is 0 Å². The van der Waals surface area contributed by atoms with Crippen LogP contribution in [0.2, 0.25) is 0 Å². The highest BCUT2D eigenvalue weighted by Gasteiger charge is 2.17. The summed E-state index contributed by atoms with van der Waals surface area (Å²) in [6.45, 7) is 0.281. The van der Waals surface area contributed by atoms with E-state index in [1.54, 1.807) is 17.9 Å². The molecule has 1 heterocycles. The van der Waals surface area contributed by atoms with Crippen molar-refractivity contribution in [1.29, 1.82) is 0 Å². The largest absolute Gasteiger partial charge is 0.389 e. The van der Waals surface area contributed by atoms with Crippen LogP contribution in [0.15, 0.2) is 12.4 Å². The van der Waals surface area contributed by atoms with Gasteiger partial charge in [-0.2, -0.15) is 5.10 Å². The zero-order chi connectivity index (χ0) is 12.8. The first-order valence-electron chi connectivity index (χ1n) is 5.23. The number of aryl methyl sites for hydroxylation is 1. The number of carbonyl (C=O) groups excluding carboxylic acids is 1. The molecule has 7 nitrogen and oxygen atoms in total. The number of nitrogens with two attached hydrogens (primary N) is 1. The maximum Gasteiger partial charge on any atom is 0.241 e. The first-order chi connectivity index (χ1) is 8.04. The van der Waals surface area contributed by atoms with E-state index in [0.717, 1.165) is 0 Å². The number of ether oxygens (including phenoxy) is 1. The average Bonchev–Trinajstić information content (AvgIpc) is 2.72. The van der Waals surface area contributed by atoms with Crippen molar-refractivity contribution in [3.63, 3.8) is 0 Å². The lowest BCUT2D eigenvalue weighted by molar-refractivity contribution is -0.123. The second-order valence-corrected chi connectivity index (χ2v) is 3.78. The number of hydrogen-bond donors (Lipinski definition) is 3. The number of aromatic nitrogens is 2. The third kappa shape index (κ3) is 4.14. The number of carbonyl (C=O) groups is 1. The SMILES string of the molecule is COCC(O)CNC(=O)C(N)c1cnn(C)c1. The van der Waals surface area contributed by atoms with Gasteiger partial charge in [-0.3, -0.25) is 9.48 Å². The Morgan fingerprint density at radius 2 is 2.47 bits per heavy atom. The summed E-state index contributed by atoms with van der Waals surface area (Å²) in [6.07, 6.45) is 2.48. The van der Waals surface area contributed by atoms with Crippen LogP contribution in [-0.4, -0.2) is 47.2 Å². The molecule has 4 N–H and O–H groups in total. The molecule has 2 atom stereocenters. The van der Waals surface area contributed by atoms with Crippen molar-refractivity contribution in [2.24, 2.45) is 12.8 Å². The zero-order valence-corrected chi connectivity index (χ0v) is 9.96. The monoisotopic (exact) mass is 242 g/mol. The maximum absolute atomic E-state index is 11.6. The van der Waals surface area contributed by atoms with Crippen LogP contribution in [0.4, 0.5) is 0 Å². The normalized spacial score (nSPS) is 14.4. The lowest BCUT2D eigenvalue weighted by Gasteiger charge is -2.13. The highest BCUT2D eigenvalue weighted by Crippen LogP contribution is 2.07. The van der Waals surface area contributed by atoms with Crippen LogP contribution in [0.1, 0.15) is 11.6 Å². The van der Waals surface area contributed by atoms with E-state index in [1.165, 1.54) is 13.3 Å². The summed E-state index contributed by atoms with van der Waals surface area (Å²) in [6, 6.07) is -0.779. The quantitative estimate of drug-likeness (QED) is 0.566. The molecule has 0 aromatic carbocycles. The van der Waals surface area contributed by atoms with E-state index in [0.29, 0.717) is 5.56 Å². The summed E-state index contributed by atoms with van der Waals surface area (Å²) in [5.41, 5.74) is 6.36. The minimum Gasteiger partial charge on any atom is -0.389 e. The molecule has 0 radical (unpaired) electrons. The van der Waals surface area contributed by atoms with Gasteiger partial charge in [0.05, 0.1) is 18.9 Å². The third-order valence-electron chi connectivity index (χ3n) is 2.24. The molecule has 7 heteroatoms. The van der Waals surface area contributed by atoms with Gasteiger partial charge in [-0.1, -0.05) is 0 Å². The van der Waals surface area contributed by atoms with Crippen molar-refractivity contribution >= 4 is 5.91 Å². The third-order valence-corrected chi connectivity index (χ3v) is 2.24.